The first-order chi connectivity index (χ1) is 13.9. The number of rotatable bonds is 6. The van der Waals surface area contributed by atoms with Crippen molar-refractivity contribution in [1.82, 2.24) is 4.90 Å². The molecule has 6 heteroatoms. The third kappa shape index (κ3) is 5.44. The minimum absolute atomic E-state index is 0.126. The van der Waals surface area contributed by atoms with Crippen molar-refractivity contribution in [3.63, 3.8) is 0 Å². The van der Waals surface area contributed by atoms with Gasteiger partial charge in [-0.2, -0.15) is 0 Å². The Labute approximate surface area is 171 Å². The number of benzene rings is 2. The quantitative estimate of drug-likeness (QED) is 0.790. The van der Waals surface area contributed by atoms with Gasteiger partial charge in [0, 0.05) is 25.4 Å². The minimum atomic E-state index is -0.307. The average molecular weight is 393 g/mol. The fourth-order valence-corrected chi connectivity index (χ4v) is 3.65. The Hall–Kier alpha value is -3.15. The number of nitrogens with zero attached hydrogens (tertiary/aromatic N) is 1. The summed E-state index contributed by atoms with van der Waals surface area (Å²) in [5.41, 5.74) is 8.63. The first-order valence-corrected chi connectivity index (χ1v) is 9.97. The molecule has 1 aliphatic rings. The largest absolute Gasteiger partial charge is 0.369 e. The molecule has 3 rings (SSSR count). The highest BCUT2D eigenvalue weighted by Crippen LogP contribution is 2.22. The Kier molecular flexibility index (Phi) is 6.65. The lowest BCUT2D eigenvalue weighted by molar-refractivity contribution is -0.123. The summed E-state index contributed by atoms with van der Waals surface area (Å²) < 4.78 is 0. The smallest absolute Gasteiger partial charge is 0.255 e. The van der Waals surface area contributed by atoms with Crippen molar-refractivity contribution in [2.75, 3.05) is 18.4 Å². The van der Waals surface area contributed by atoms with E-state index in [2.05, 4.69) is 11.4 Å². The van der Waals surface area contributed by atoms with E-state index in [4.69, 9.17) is 5.73 Å². The second-order valence-electron chi connectivity index (χ2n) is 7.55. The molecule has 1 aliphatic heterocycles. The molecule has 0 aromatic heterocycles. The van der Waals surface area contributed by atoms with E-state index < -0.39 is 0 Å². The van der Waals surface area contributed by atoms with Gasteiger partial charge in [-0.3, -0.25) is 14.4 Å². The van der Waals surface area contributed by atoms with Gasteiger partial charge in [0.2, 0.25) is 11.8 Å². The summed E-state index contributed by atoms with van der Waals surface area (Å²) in [7, 11) is 0. The number of hydrogen-bond donors (Lipinski definition) is 2. The topological polar surface area (TPSA) is 92.5 Å². The fraction of sp³-hybridized carbons (Fsp3) is 0.348. The number of aryl methyl sites for hydroxylation is 2. The summed E-state index contributed by atoms with van der Waals surface area (Å²) in [6.07, 6.45) is 2.14. The molecule has 3 N–H and O–H groups in total. The van der Waals surface area contributed by atoms with Gasteiger partial charge in [0.15, 0.2) is 0 Å². The monoisotopic (exact) mass is 393 g/mol. The number of piperidine rings is 1. The Morgan fingerprint density at radius 2 is 1.79 bits per heavy atom. The van der Waals surface area contributed by atoms with Crippen LogP contribution in [0.2, 0.25) is 0 Å². The fourth-order valence-electron chi connectivity index (χ4n) is 3.65. The van der Waals surface area contributed by atoms with Crippen LogP contribution in [0.1, 0.15) is 40.7 Å². The molecule has 2 aromatic carbocycles. The first kappa shape index (κ1) is 20.6. The number of amides is 3. The molecule has 1 fully saturated rings. The SMILES string of the molecule is Cc1cccc(CCC(=O)Nc2ccccc2C(=O)N2CCC(C(N)=O)CC2)c1. The molecule has 0 bridgehead atoms. The maximum Gasteiger partial charge on any atom is 0.255 e. The average Bonchev–Trinajstić information content (AvgIpc) is 2.72. The van der Waals surface area contributed by atoms with E-state index in [0.717, 1.165) is 5.56 Å². The van der Waals surface area contributed by atoms with Crippen molar-refractivity contribution in [2.45, 2.75) is 32.6 Å². The van der Waals surface area contributed by atoms with Gasteiger partial charge in [0.25, 0.3) is 5.91 Å². The van der Waals surface area contributed by atoms with Crippen LogP contribution in [0.15, 0.2) is 48.5 Å². The lowest BCUT2D eigenvalue weighted by atomic mass is 9.95. The number of nitrogens with two attached hydrogens (primary N) is 1. The van der Waals surface area contributed by atoms with Crippen molar-refractivity contribution in [2.24, 2.45) is 11.7 Å². The summed E-state index contributed by atoms with van der Waals surface area (Å²) in [5, 5.41) is 2.88. The van der Waals surface area contributed by atoms with Gasteiger partial charge in [-0.15, -0.1) is 0 Å². The highest BCUT2D eigenvalue weighted by atomic mass is 16.2. The Morgan fingerprint density at radius 3 is 2.48 bits per heavy atom. The van der Waals surface area contributed by atoms with Crippen LogP contribution >= 0.6 is 0 Å². The van der Waals surface area contributed by atoms with Crippen LogP contribution in [0.3, 0.4) is 0 Å². The Morgan fingerprint density at radius 1 is 1.07 bits per heavy atom. The lowest BCUT2D eigenvalue weighted by Gasteiger charge is -2.31. The summed E-state index contributed by atoms with van der Waals surface area (Å²) in [6, 6.07) is 15.1. The van der Waals surface area contributed by atoms with E-state index in [1.807, 2.05) is 25.1 Å². The third-order valence-electron chi connectivity index (χ3n) is 5.34. The van der Waals surface area contributed by atoms with Crippen molar-refractivity contribution in [1.29, 1.82) is 0 Å². The zero-order valence-corrected chi connectivity index (χ0v) is 16.7. The molecule has 1 heterocycles. The van der Waals surface area contributed by atoms with E-state index in [1.54, 1.807) is 29.2 Å². The van der Waals surface area contributed by atoms with Gasteiger partial charge < -0.3 is 16.0 Å². The van der Waals surface area contributed by atoms with Gasteiger partial charge in [0.1, 0.15) is 0 Å². The van der Waals surface area contributed by atoms with E-state index in [9.17, 15) is 14.4 Å². The number of nitrogens with one attached hydrogen (secondary N) is 1. The van der Waals surface area contributed by atoms with Crippen molar-refractivity contribution < 1.29 is 14.4 Å². The van der Waals surface area contributed by atoms with Crippen LogP contribution in [0.4, 0.5) is 5.69 Å². The highest BCUT2D eigenvalue weighted by Gasteiger charge is 2.27. The van der Waals surface area contributed by atoms with E-state index >= 15 is 0 Å². The summed E-state index contributed by atoms with van der Waals surface area (Å²) in [6.45, 7) is 3.00. The predicted octanol–water partition coefficient (Wildman–Crippen LogP) is 2.90. The molecular formula is C23H27N3O3. The molecule has 0 atom stereocenters. The summed E-state index contributed by atoms with van der Waals surface area (Å²) >= 11 is 0. The molecule has 0 aliphatic carbocycles. The standard InChI is InChI=1S/C23H27N3O3/c1-16-5-4-6-17(15-16)9-10-21(27)25-20-8-3-2-7-19(20)23(29)26-13-11-18(12-14-26)22(24)28/h2-8,15,18H,9-14H2,1H3,(H2,24,28)(H,25,27). The van der Waals surface area contributed by atoms with E-state index in [0.29, 0.717) is 50.0 Å². The molecule has 152 valence electrons. The summed E-state index contributed by atoms with van der Waals surface area (Å²) in [5.74, 6) is -0.740. The number of likely N-dealkylation sites (tertiary alicyclic amines) is 1. The first-order valence-electron chi connectivity index (χ1n) is 9.97. The molecule has 3 amide bonds. The van der Waals surface area contributed by atoms with E-state index in [1.165, 1.54) is 5.56 Å². The number of anilines is 1. The Bertz CT molecular complexity index is 902. The van der Waals surface area contributed by atoms with Crippen LogP contribution in [0.5, 0.6) is 0 Å². The van der Waals surface area contributed by atoms with Crippen LogP contribution in [0.25, 0.3) is 0 Å². The second kappa shape index (κ2) is 9.37. The van der Waals surface area contributed by atoms with Gasteiger partial charge in [0.05, 0.1) is 11.3 Å². The molecule has 0 spiro atoms. The van der Waals surface area contributed by atoms with Crippen molar-refractivity contribution in [3.8, 4) is 0 Å². The third-order valence-corrected chi connectivity index (χ3v) is 5.34. The number of carbonyl (C=O) groups is 3. The van der Waals surface area contributed by atoms with E-state index in [-0.39, 0.29) is 23.6 Å². The molecule has 1 saturated heterocycles. The maximum atomic E-state index is 13.0. The van der Waals surface area contributed by atoms with Gasteiger partial charge in [-0.25, -0.2) is 0 Å². The van der Waals surface area contributed by atoms with Crippen LogP contribution < -0.4 is 11.1 Å². The van der Waals surface area contributed by atoms with Gasteiger partial charge in [-0.05, 0) is 43.9 Å². The number of hydrogen-bond acceptors (Lipinski definition) is 3. The van der Waals surface area contributed by atoms with Gasteiger partial charge in [-0.1, -0.05) is 42.0 Å². The zero-order chi connectivity index (χ0) is 20.8. The maximum absolute atomic E-state index is 13.0. The second-order valence-corrected chi connectivity index (χ2v) is 7.55. The molecule has 0 radical (unpaired) electrons. The van der Waals surface area contributed by atoms with Crippen molar-refractivity contribution >= 4 is 23.4 Å². The molecule has 29 heavy (non-hydrogen) atoms. The predicted molar refractivity (Wildman–Crippen MR) is 112 cm³/mol. The van der Waals surface area contributed by atoms with Crippen LogP contribution in [0, 0.1) is 12.8 Å². The number of primary amides is 1. The van der Waals surface area contributed by atoms with Gasteiger partial charge >= 0.3 is 0 Å². The molecule has 6 nitrogen and oxygen atoms in total. The Balaban J connectivity index is 1.62. The zero-order valence-electron chi connectivity index (χ0n) is 16.7. The van der Waals surface area contributed by atoms with Crippen LogP contribution in [-0.2, 0) is 16.0 Å². The number of para-hydroxylation sites is 1. The number of carbonyl (C=O) groups excluding carboxylic acids is 3. The van der Waals surface area contributed by atoms with Crippen LogP contribution in [-0.4, -0.2) is 35.7 Å². The minimum Gasteiger partial charge on any atom is -0.369 e. The molecule has 0 unspecified atom stereocenters. The molecule has 0 saturated carbocycles. The lowest BCUT2D eigenvalue weighted by Crippen LogP contribution is -2.42. The normalized spacial score (nSPS) is 14.4. The van der Waals surface area contributed by atoms with Crippen molar-refractivity contribution in [3.05, 3.63) is 65.2 Å². The molecular weight excluding hydrogens is 366 g/mol. The highest BCUT2D eigenvalue weighted by molar-refractivity contribution is 6.03. The summed E-state index contributed by atoms with van der Waals surface area (Å²) in [4.78, 5) is 38.5. The molecule has 2 aromatic rings.